The van der Waals surface area contributed by atoms with Crippen LogP contribution in [0.25, 0.3) is 5.65 Å². The zero-order valence-electron chi connectivity index (χ0n) is 14.7. The van der Waals surface area contributed by atoms with Crippen molar-refractivity contribution in [3.8, 4) is 0 Å². The van der Waals surface area contributed by atoms with Gasteiger partial charge in [0.15, 0.2) is 17.4 Å². The number of rotatable bonds is 6. The zero-order valence-corrected chi connectivity index (χ0v) is 15.5. The SMILES string of the molecule is CN(C)C(=O)CNC(=NCc1nnc2ccccn12)NCc1cccs1. The molecule has 3 aromatic heterocycles. The summed E-state index contributed by atoms with van der Waals surface area (Å²) in [6.45, 7) is 1.16. The second kappa shape index (κ2) is 8.43. The van der Waals surface area contributed by atoms with E-state index in [4.69, 9.17) is 0 Å². The fourth-order valence-corrected chi connectivity index (χ4v) is 2.87. The topological polar surface area (TPSA) is 86.9 Å². The van der Waals surface area contributed by atoms with Crippen molar-refractivity contribution in [2.75, 3.05) is 20.6 Å². The standard InChI is InChI=1S/C17H21N7OS/c1-23(2)16(25)12-20-17(18-10-13-6-5-9-26-13)19-11-15-22-21-14-7-3-4-8-24(14)15/h3-9H,10-12H2,1-2H3,(H2,18,19,20). The highest BCUT2D eigenvalue weighted by atomic mass is 32.1. The predicted octanol–water partition coefficient (Wildman–Crippen LogP) is 1.11. The Kier molecular flexibility index (Phi) is 5.80. The van der Waals surface area contributed by atoms with Crippen LogP contribution < -0.4 is 10.6 Å². The van der Waals surface area contributed by atoms with Crippen molar-refractivity contribution in [1.29, 1.82) is 0 Å². The van der Waals surface area contributed by atoms with Gasteiger partial charge in [-0.15, -0.1) is 21.5 Å². The maximum atomic E-state index is 11.8. The van der Waals surface area contributed by atoms with Crippen molar-refractivity contribution in [3.05, 3.63) is 52.6 Å². The largest absolute Gasteiger partial charge is 0.351 e. The maximum absolute atomic E-state index is 11.8. The number of carbonyl (C=O) groups excluding carboxylic acids is 1. The minimum Gasteiger partial charge on any atom is -0.351 e. The zero-order chi connectivity index (χ0) is 18.4. The summed E-state index contributed by atoms with van der Waals surface area (Å²) in [6, 6.07) is 9.79. The Bertz CT molecular complexity index is 886. The third-order valence-electron chi connectivity index (χ3n) is 3.68. The highest BCUT2D eigenvalue weighted by molar-refractivity contribution is 7.09. The Labute approximate surface area is 155 Å². The van der Waals surface area contributed by atoms with Crippen LogP contribution in [0.15, 0.2) is 46.9 Å². The monoisotopic (exact) mass is 371 g/mol. The molecule has 0 bridgehead atoms. The molecule has 3 heterocycles. The van der Waals surface area contributed by atoms with Crippen LogP contribution in [-0.2, 0) is 17.9 Å². The average molecular weight is 371 g/mol. The van der Waals surface area contributed by atoms with Crippen LogP contribution in [0.3, 0.4) is 0 Å². The highest BCUT2D eigenvalue weighted by Gasteiger charge is 2.08. The van der Waals surface area contributed by atoms with Gasteiger partial charge in [-0.05, 0) is 23.6 Å². The fourth-order valence-electron chi connectivity index (χ4n) is 2.22. The molecule has 0 aliphatic heterocycles. The number of thiophene rings is 1. The summed E-state index contributed by atoms with van der Waals surface area (Å²) in [4.78, 5) is 19.1. The molecule has 1 amide bonds. The number of pyridine rings is 1. The first-order valence-corrected chi connectivity index (χ1v) is 9.05. The van der Waals surface area contributed by atoms with Crippen molar-refractivity contribution < 1.29 is 4.79 Å². The Hall–Kier alpha value is -2.94. The van der Waals surface area contributed by atoms with E-state index in [1.54, 1.807) is 25.4 Å². The van der Waals surface area contributed by atoms with Crippen molar-refractivity contribution >= 4 is 28.9 Å². The number of hydrogen-bond acceptors (Lipinski definition) is 5. The van der Waals surface area contributed by atoms with E-state index in [1.807, 2.05) is 46.3 Å². The third-order valence-corrected chi connectivity index (χ3v) is 4.56. The molecule has 0 spiro atoms. The maximum Gasteiger partial charge on any atom is 0.241 e. The summed E-state index contributed by atoms with van der Waals surface area (Å²) < 4.78 is 1.89. The number of aliphatic imine (C=N–C) groups is 1. The molecule has 26 heavy (non-hydrogen) atoms. The van der Waals surface area contributed by atoms with E-state index in [1.165, 1.54) is 9.78 Å². The molecule has 0 atom stereocenters. The summed E-state index contributed by atoms with van der Waals surface area (Å²) >= 11 is 1.67. The molecule has 0 radical (unpaired) electrons. The summed E-state index contributed by atoms with van der Waals surface area (Å²) in [7, 11) is 3.45. The number of carbonyl (C=O) groups is 1. The van der Waals surface area contributed by atoms with Crippen LogP contribution >= 0.6 is 11.3 Å². The predicted molar refractivity (Wildman–Crippen MR) is 102 cm³/mol. The van der Waals surface area contributed by atoms with Crippen molar-refractivity contribution in [2.24, 2.45) is 4.99 Å². The summed E-state index contributed by atoms with van der Waals surface area (Å²) in [5.41, 5.74) is 0.779. The van der Waals surface area contributed by atoms with Crippen LogP contribution in [0.2, 0.25) is 0 Å². The number of guanidine groups is 1. The number of likely N-dealkylation sites (N-methyl/N-ethyl adjacent to an activating group) is 1. The van der Waals surface area contributed by atoms with Crippen molar-refractivity contribution in [3.63, 3.8) is 0 Å². The third kappa shape index (κ3) is 4.57. The smallest absolute Gasteiger partial charge is 0.241 e. The van der Waals surface area contributed by atoms with Gasteiger partial charge in [-0.3, -0.25) is 9.20 Å². The second-order valence-corrected chi connectivity index (χ2v) is 6.82. The minimum absolute atomic E-state index is 0.0245. The van der Waals surface area contributed by atoms with Crippen LogP contribution in [0, 0.1) is 0 Å². The van der Waals surface area contributed by atoms with Gasteiger partial charge in [-0.25, -0.2) is 4.99 Å². The molecule has 0 aliphatic rings. The molecule has 2 N–H and O–H groups in total. The number of aromatic nitrogens is 3. The Balaban J connectivity index is 1.70. The Morgan fingerprint density at radius 3 is 2.88 bits per heavy atom. The van der Waals surface area contributed by atoms with E-state index in [0.717, 1.165) is 11.5 Å². The van der Waals surface area contributed by atoms with E-state index in [9.17, 15) is 4.79 Å². The van der Waals surface area contributed by atoms with Gasteiger partial charge in [-0.2, -0.15) is 0 Å². The van der Waals surface area contributed by atoms with Gasteiger partial charge in [0.05, 0.1) is 13.1 Å². The summed E-state index contributed by atoms with van der Waals surface area (Å²) in [5, 5.41) is 16.6. The van der Waals surface area contributed by atoms with Gasteiger partial charge in [0.25, 0.3) is 0 Å². The molecule has 0 saturated heterocycles. The van der Waals surface area contributed by atoms with Crippen LogP contribution in [0.1, 0.15) is 10.7 Å². The van der Waals surface area contributed by atoms with Gasteiger partial charge in [0, 0.05) is 25.2 Å². The molecular formula is C17H21N7OS. The molecular weight excluding hydrogens is 350 g/mol. The number of fused-ring (bicyclic) bond motifs is 1. The molecule has 0 unspecified atom stereocenters. The number of amides is 1. The van der Waals surface area contributed by atoms with Crippen molar-refractivity contribution in [2.45, 2.75) is 13.1 Å². The van der Waals surface area contributed by atoms with Gasteiger partial charge < -0.3 is 15.5 Å². The Morgan fingerprint density at radius 2 is 2.12 bits per heavy atom. The lowest BCUT2D eigenvalue weighted by molar-refractivity contribution is -0.127. The van der Waals surface area contributed by atoms with Gasteiger partial charge in [-0.1, -0.05) is 12.1 Å². The minimum atomic E-state index is -0.0245. The highest BCUT2D eigenvalue weighted by Crippen LogP contribution is 2.07. The van der Waals surface area contributed by atoms with Gasteiger partial charge >= 0.3 is 0 Å². The molecule has 3 aromatic rings. The van der Waals surface area contributed by atoms with Gasteiger partial charge in [0.2, 0.25) is 5.91 Å². The summed E-state index contributed by atoms with van der Waals surface area (Å²) in [6.07, 6.45) is 1.90. The first-order valence-electron chi connectivity index (χ1n) is 8.17. The summed E-state index contributed by atoms with van der Waals surface area (Å²) in [5.74, 6) is 1.27. The Morgan fingerprint density at radius 1 is 1.23 bits per heavy atom. The van der Waals surface area contributed by atoms with E-state index in [0.29, 0.717) is 19.0 Å². The van der Waals surface area contributed by atoms with Crippen LogP contribution in [-0.4, -0.2) is 52.0 Å². The lowest BCUT2D eigenvalue weighted by Crippen LogP contribution is -2.42. The first kappa shape index (κ1) is 17.9. The fraction of sp³-hybridized carbons (Fsp3) is 0.294. The molecule has 8 nitrogen and oxygen atoms in total. The van der Waals surface area contributed by atoms with E-state index >= 15 is 0 Å². The normalized spacial score (nSPS) is 11.5. The molecule has 0 saturated carbocycles. The lowest BCUT2D eigenvalue weighted by Gasteiger charge is -2.14. The first-order chi connectivity index (χ1) is 12.6. The molecule has 136 valence electrons. The van der Waals surface area contributed by atoms with Crippen molar-refractivity contribution in [1.82, 2.24) is 30.1 Å². The van der Waals surface area contributed by atoms with Crippen LogP contribution in [0.5, 0.6) is 0 Å². The molecule has 0 aromatic carbocycles. The number of nitrogens with one attached hydrogen (secondary N) is 2. The van der Waals surface area contributed by atoms with E-state index in [-0.39, 0.29) is 12.5 Å². The number of nitrogens with zero attached hydrogens (tertiary/aromatic N) is 5. The molecule has 3 rings (SSSR count). The average Bonchev–Trinajstić information content (AvgIpc) is 3.30. The molecule has 9 heteroatoms. The van der Waals surface area contributed by atoms with Gasteiger partial charge in [0.1, 0.15) is 6.54 Å². The van der Waals surface area contributed by atoms with E-state index in [2.05, 4.69) is 25.8 Å². The lowest BCUT2D eigenvalue weighted by atomic mass is 10.4. The number of hydrogen-bond donors (Lipinski definition) is 2. The molecule has 0 fully saturated rings. The van der Waals surface area contributed by atoms with Crippen LogP contribution in [0.4, 0.5) is 0 Å². The quantitative estimate of drug-likeness (QED) is 0.501. The van der Waals surface area contributed by atoms with E-state index < -0.39 is 0 Å². The second-order valence-electron chi connectivity index (χ2n) is 5.78. The molecule has 0 aliphatic carbocycles.